The monoisotopic (exact) mass is 1840 g/mol. The highest BCUT2D eigenvalue weighted by molar-refractivity contribution is 6.30. The molecule has 3 aliphatic rings. The number of pyridine rings is 6. The number of nitrogens with one attached hydrogen (secondary N) is 3. The Kier molecular flexibility index (Phi) is 33.7. The molecule has 0 unspecified atom stereocenters. The fraction of sp³-hybridized carbons (Fsp3) is 0.316. The van der Waals surface area contributed by atoms with Gasteiger partial charge in [0.2, 0.25) is 5.95 Å². The molecule has 36 nitrogen and oxygen atoms in total. The quantitative estimate of drug-likeness (QED) is 0.0289. The number of anilines is 6. The van der Waals surface area contributed by atoms with Crippen LogP contribution in [-0.2, 0) is 14.2 Å². The molecule has 0 spiro atoms. The van der Waals surface area contributed by atoms with Crippen molar-refractivity contribution in [3.63, 3.8) is 0 Å². The standard InChI is InChI=1S/2C16H19ClFN5O3.C13H15ClN4O4.2C10H8FN3O.C5H3F2N.C5H6N2O.C4H7F.ClH/c2*1-16(2,3)26-15(25)22(4)12-6-11(17)21-13-8(7-19-23(12)13)14(24)20-10-5-9(10)18;1-13(2,3)22-12(21)17(4)9-5-8(14)16-10-7(11(19)20)6-15-18(9)10;2*11-7-3-1-5-13-9(7)14-6-2-4-8(12)10(14)15;6-4-2-1-3-8-5(4)7;6-4-2-1-3-7-5(4)8;1-3-2-4(3)5;/h2*6-7,9-10H,5H2,1-4H3,(H,20,24);5-6H,1-4H3,(H,19,20);2*1-6H,12H2;1-3H;1-3H,6H2,(H,7,8);3-4H,2H2,1H3;1H/t2*9-,10+;;;;;;3-,4+;/m00.....1./s1. The van der Waals surface area contributed by atoms with Gasteiger partial charge < -0.3 is 52.1 Å². The molecule has 10 N–H and O–H groups in total. The summed E-state index contributed by atoms with van der Waals surface area (Å²) in [7, 11) is 4.47. The van der Waals surface area contributed by atoms with Crippen molar-refractivity contribution in [3.05, 3.63) is 233 Å². The third kappa shape index (κ3) is 27.7. The van der Waals surface area contributed by atoms with Crippen LogP contribution < -0.4 is 59.2 Å². The van der Waals surface area contributed by atoms with Crippen LogP contribution in [0.15, 0.2) is 161 Å². The Morgan fingerprint density at radius 3 is 1.09 bits per heavy atom. The number of alkyl halides is 3. The van der Waals surface area contributed by atoms with E-state index in [1.54, 1.807) is 92.8 Å². The van der Waals surface area contributed by atoms with Crippen LogP contribution in [-0.4, -0.2) is 183 Å². The molecule has 0 aliphatic heterocycles. The summed E-state index contributed by atoms with van der Waals surface area (Å²) in [6.45, 7) is 17.6. The van der Waals surface area contributed by atoms with Crippen LogP contribution in [0.3, 0.4) is 0 Å². The van der Waals surface area contributed by atoms with Crippen LogP contribution in [0.25, 0.3) is 28.6 Å². The molecule has 0 aromatic carbocycles. The van der Waals surface area contributed by atoms with Gasteiger partial charge in [0.05, 0.1) is 47.7 Å². The van der Waals surface area contributed by atoms with Crippen molar-refractivity contribution in [2.24, 2.45) is 5.92 Å². The van der Waals surface area contributed by atoms with E-state index in [9.17, 15) is 73.9 Å². The summed E-state index contributed by atoms with van der Waals surface area (Å²) < 4.78 is 110. The highest BCUT2D eigenvalue weighted by atomic mass is 35.5. The maximum atomic E-state index is 13.3. The number of nitrogens with zero attached hydrogens (tertiary/aromatic N) is 17. The number of aromatic amines is 1. The van der Waals surface area contributed by atoms with Gasteiger partial charge in [0.1, 0.15) is 84.9 Å². The van der Waals surface area contributed by atoms with E-state index >= 15 is 0 Å². The maximum Gasteiger partial charge on any atom is 0.415 e. The molecule has 12 heterocycles. The maximum absolute atomic E-state index is 13.3. The van der Waals surface area contributed by atoms with E-state index in [2.05, 4.69) is 60.8 Å². The Bertz CT molecular complexity index is 5830. The van der Waals surface area contributed by atoms with Gasteiger partial charge in [0, 0.05) is 89.4 Å². The summed E-state index contributed by atoms with van der Waals surface area (Å²) in [5.41, 5.74) is 13.7. The summed E-state index contributed by atoms with van der Waals surface area (Å²) in [6.07, 6.45) is 9.21. The number of aromatic nitrogens is 15. The van der Waals surface area contributed by atoms with Crippen molar-refractivity contribution in [3.8, 4) is 11.6 Å². The highest BCUT2D eigenvalue weighted by Gasteiger charge is 2.41. The molecular formula is C79H86Cl4F7N23O13. The molecule has 15 rings (SSSR count). The second-order valence-corrected chi connectivity index (χ2v) is 31.3. The van der Waals surface area contributed by atoms with Gasteiger partial charge in [-0.1, -0.05) is 41.7 Å². The lowest BCUT2D eigenvalue weighted by molar-refractivity contribution is 0.0577. The number of H-pyrrole nitrogens is 1. The third-order valence-corrected chi connectivity index (χ3v) is 17.1. The summed E-state index contributed by atoms with van der Waals surface area (Å²) >= 11 is 18.0. The first kappa shape index (κ1) is 99.6. The van der Waals surface area contributed by atoms with Crippen molar-refractivity contribution in [1.82, 2.24) is 83.5 Å². The number of rotatable bonds is 10. The van der Waals surface area contributed by atoms with Crippen molar-refractivity contribution >= 4 is 135 Å². The number of nitrogens with two attached hydrogens (primary N) is 3. The van der Waals surface area contributed by atoms with Gasteiger partial charge in [-0.25, -0.2) is 75.4 Å². The molecule has 126 heavy (non-hydrogen) atoms. The number of carbonyl (C=O) groups excluding carboxylic acids is 5. The molecule has 0 radical (unpaired) electrons. The number of hydrogen-bond donors (Lipinski definition) is 7. The number of ether oxygens (including phenoxy) is 3. The second-order valence-electron chi connectivity index (χ2n) is 30.1. The molecule has 3 aliphatic carbocycles. The predicted octanol–water partition coefficient (Wildman–Crippen LogP) is 12.7. The lowest BCUT2D eigenvalue weighted by Gasteiger charge is -2.24. The summed E-state index contributed by atoms with van der Waals surface area (Å²) in [6, 6.07) is 20.3. The smallest absolute Gasteiger partial charge is 0.415 e. The number of amides is 5. The largest absolute Gasteiger partial charge is 0.477 e. The molecule has 0 bridgehead atoms. The highest BCUT2D eigenvalue weighted by Crippen LogP contribution is 2.33. The van der Waals surface area contributed by atoms with Crippen LogP contribution in [0.2, 0.25) is 15.5 Å². The number of nitrogen functional groups attached to an aromatic ring is 3. The molecule has 12 aromatic heterocycles. The predicted molar refractivity (Wildman–Crippen MR) is 456 cm³/mol. The Morgan fingerprint density at radius 2 is 0.817 bits per heavy atom. The number of aromatic carboxylic acids is 1. The van der Waals surface area contributed by atoms with Crippen molar-refractivity contribution in [2.75, 3.05) is 53.0 Å². The zero-order chi connectivity index (χ0) is 92.6. The molecule has 3 saturated carbocycles. The minimum absolute atomic E-state index is 0. The Labute approximate surface area is 733 Å². The van der Waals surface area contributed by atoms with Gasteiger partial charge in [-0.15, -0.1) is 12.4 Å². The van der Waals surface area contributed by atoms with Gasteiger partial charge in [-0.2, -0.15) is 33.2 Å². The average molecular weight is 1840 g/mol. The molecule has 12 aromatic rings. The number of carboxylic acids is 1. The average Bonchev–Trinajstić information content (AvgIpc) is 1.62. The topological polar surface area (TPSA) is 468 Å². The normalized spacial score (nSPS) is 15.5. The summed E-state index contributed by atoms with van der Waals surface area (Å²) in [4.78, 5) is 135. The van der Waals surface area contributed by atoms with E-state index in [1.807, 2.05) is 6.92 Å². The first-order chi connectivity index (χ1) is 58.5. The minimum Gasteiger partial charge on any atom is -0.477 e. The first-order valence-electron chi connectivity index (χ1n) is 37.2. The molecule has 0 saturated heterocycles. The second kappa shape index (κ2) is 42.7. The lowest BCUT2D eigenvalue weighted by atomic mass is 10.2. The van der Waals surface area contributed by atoms with Crippen LogP contribution in [0.4, 0.5) is 79.6 Å². The van der Waals surface area contributed by atoms with E-state index < -0.39 is 118 Å². The molecular weight excluding hydrogens is 1750 g/mol. The van der Waals surface area contributed by atoms with Crippen LogP contribution in [0, 0.1) is 29.3 Å². The molecule has 3 fully saturated rings. The lowest BCUT2D eigenvalue weighted by Crippen LogP contribution is -2.35. The fourth-order valence-corrected chi connectivity index (χ4v) is 10.4. The minimum atomic E-state index is -1.18. The van der Waals surface area contributed by atoms with Gasteiger partial charge in [0.15, 0.2) is 46.0 Å². The third-order valence-electron chi connectivity index (χ3n) is 16.5. The van der Waals surface area contributed by atoms with Crippen LogP contribution in [0.5, 0.6) is 0 Å². The molecule has 5 amide bonds. The molecule has 672 valence electrons. The number of carbonyl (C=O) groups is 6. The van der Waals surface area contributed by atoms with Gasteiger partial charge in [-0.05, 0) is 147 Å². The molecule has 47 heteroatoms. The van der Waals surface area contributed by atoms with E-state index in [0.29, 0.717) is 18.8 Å². The van der Waals surface area contributed by atoms with Crippen molar-refractivity contribution in [2.45, 2.75) is 136 Å². The van der Waals surface area contributed by atoms with E-state index in [4.69, 9.17) is 71.3 Å². The Balaban J connectivity index is 0.000000206. The van der Waals surface area contributed by atoms with Crippen LogP contribution >= 0.6 is 47.2 Å². The zero-order valence-electron chi connectivity index (χ0n) is 69.3. The number of hydrogen-bond acceptors (Lipinski definition) is 24. The number of fused-ring (bicyclic) bond motifs is 3. The zero-order valence-corrected chi connectivity index (χ0v) is 72.4. The number of halogens is 11. The van der Waals surface area contributed by atoms with Gasteiger partial charge in [0.25, 0.3) is 28.5 Å². The Hall–Kier alpha value is -13.6. The van der Waals surface area contributed by atoms with Crippen LogP contribution in [0.1, 0.15) is 120 Å². The SMILES string of the molecule is CN(C(=O)OC(C)(C)C)c1cc(Cl)nc2c(C(=O)N[C@@H]3C[C@@H]3F)cnn12.CN(C(=O)OC(C)(C)C)c1cc(Cl)nc2c(C(=O)N[C@@H]3C[C@@H]3F)cnn12.CN(C(=O)OC(C)(C)C)c1cc(Cl)nc2c(C(=O)O)cnn12.C[C@@H]1C[C@@H]1F.Cl.Fc1cccnc1F.Nc1ccc[nH]c1=O.Nc1cccn(-c2ncccc2F)c1=O.Nc1cccn(-c2ncccc2F)c1=O. The number of carboxylic acid groups (broad SMARTS) is 1. The summed E-state index contributed by atoms with van der Waals surface area (Å²) in [5.74, 6) is -4.16. The summed E-state index contributed by atoms with van der Waals surface area (Å²) in [5, 5.41) is 26.6. The van der Waals surface area contributed by atoms with Gasteiger partial charge >= 0.3 is 24.2 Å². The first-order valence-corrected chi connectivity index (χ1v) is 38.3. The van der Waals surface area contributed by atoms with E-state index in [-0.39, 0.29) is 113 Å². The van der Waals surface area contributed by atoms with Crippen molar-refractivity contribution in [1.29, 1.82) is 0 Å². The molecule has 6 atom stereocenters. The fourth-order valence-electron chi connectivity index (χ4n) is 9.88. The Morgan fingerprint density at radius 1 is 0.500 bits per heavy atom. The van der Waals surface area contributed by atoms with Gasteiger partial charge in [-0.3, -0.25) is 47.8 Å². The van der Waals surface area contributed by atoms with E-state index in [1.165, 1.54) is 153 Å². The van der Waals surface area contributed by atoms with E-state index in [0.717, 1.165) is 27.8 Å². The van der Waals surface area contributed by atoms with Crippen molar-refractivity contribution < 1.29 is 78.8 Å².